The maximum atomic E-state index is 6.52. The van der Waals surface area contributed by atoms with Crippen LogP contribution in [-0.4, -0.2) is 0 Å². The second kappa shape index (κ2) is 29.3. The number of fused-ring (bicyclic) bond motifs is 24. The molecule has 1 aliphatic heterocycles. The highest BCUT2D eigenvalue weighted by Gasteiger charge is 2.50. The normalized spacial score (nSPS) is 14.1. The molecule has 0 amide bonds. The Morgan fingerprint density at radius 3 is 0.831 bits per heavy atom. The molecule has 0 radical (unpaired) electrons. The first kappa shape index (κ1) is 74.6. The molecule has 16 aromatic rings. The van der Waals surface area contributed by atoms with Gasteiger partial charge < -0.3 is 43.4 Å². The Hall–Kier alpha value is -13.5. The van der Waals surface area contributed by atoms with Gasteiger partial charge in [-0.25, -0.2) is 0 Å². The lowest BCUT2D eigenvalue weighted by Gasteiger charge is -2.38. The Kier molecular flexibility index (Phi) is 18.6. The van der Waals surface area contributed by atoms with Crippen LogP contribution in [-0.2, 0) is 22.2 Å². The van der Waals surface area contributed by atoms with E-state index in [1.165, 1.54) is 134 Å². The van der Waals surface area contributed by atoms with Crippen molar-refractivity contribution in [3.05, 3.63) is 461 Å². The smallest absolute Gasteiger partial charge is 0.162 e. The number of rotatable bonds is 6. The van der Waals surface area contributed by atoms with E-state index in [1.807, 2.05) is 36.4 Å². The van der Waals surface area contributed by atoms with Crippen molar-refractivity contribution in [2.45, 2.75) is 77.5 Å². The van der Waals surface area contributed by atoms with Gasteiger partial charge in [0.2, 0.25) is 0 Å². The van der Waals surface area contributed by atoms with Crippen LogP contribution in [0.3, 0.4) is 0 Å². The molecule has 2 spiro atoms. The second-order valence-corrected chi connectivity index (χ2v) is 33.2. The molecule has 0 saturated heterocycles. The van der Waals surface area contributed by atoms with Crippen molar-refractivity contribution in [2.75, 3.05) is 43.4 Å². The molecule has 0 fully saturated rings. The number of nitrogens with one attached hydrogen (secondary N) is 6. The fourth-order valence-electron chi connectivity index (χ4n) is 19.3. The fourth-order valence-corrected chi connectivity index (χ4v) is 19.7. The van der Waals surface area contributed by atoms with Crippen LogP contribution in [0.4, 0.5) is 56.9 Å². The van der Waals surface area contributed by atoms with Crippen LogP contribution in [0, 0.1) is 55.4 Å². The molecule has 4 bridgehead atoms. The van der Waals surface area contributed by atoms with Gasteiger partial charge in [0.25, 0.3) is 0 Å². The number of halogens is 2. The predicted molar refractivity (Wildman–Crippen MR) is 496 cm³/mol. The van der Waals surface area contributed by atoms with Crippen molar-refractivity contribution in [2.24, 2.45) is 0 Å². The van der Waals surface area contributed by atoms with Crippen LogP contribution >= 0.6 is 23.2 Å². The lowest BCUT2D eigenvalue weighted by atomic mass is 9.67. The standard InChI is InChI=1S/C54H44N4.C29H30N4.C25H16Cl2/c1-33-27-49-51(29-35(33)3)57-54(47-25-11-7-21-43(47)44-22-8-12-26-48(44)54)58-52-30-36(4)34(2)28-50(52)56-40-18-14-16-38(32-40)53(37-15-13-17-39(31-37)55-49)45-23-9-5-19-41(45)42-20-6-10-24-46(42)53;1-17-13-25(30)27(15-19(17)3)32-29(33-28-16-20(4)18(2)14-26(28)31)23-11-7-5-9-21(23)22-10-6-8-12-24(22)29;26-19-9-5-7-17(15-19)25(18-8-6-10-20(27)16-18)23-13-3-1-11-21(23)22-12-2-4-14-24(22)25/h5-32,55-58H,1-4H3;5-16,32-33H,30-31H2,1-4H3;1-16H. The van der Waals surface area contributed by atoms with Gasteiger partial charge in [0.15, 0.2) is 11.3 Å². The van der Waals surface area contributed by atoms with E-state index in [4.69, 9.17) is 34.7 Å². The predicted octanol–water partition coefficient (Wildman–Crippen LogP) is 27.3. The molecule has 10 heteroatoms. The van der Waals surface area contributed by atoms with Gasteiger partial charge in [-0.05, 0) is 286 Å². The van der Waals surface area contributed by atoms with E-state index >= 15 is 0 Å². The summed E-state index contributed by atoms with van der Waals surface area (Å²) in [5.74, 6) is 0. The number of benzene rings is 16. The van der Waals surface area contributed by atoms with Crippen LogP contribution in [0.25, 0.3) is 44.5 Å². The highest BCUT2D eigenvalue weighted by molar-refractivity contribution is 6.31. The van der Waals surface area contributed by atoms with Crippen molar-refractivity contribution in [3.63, 3.8) is 0 Å². The molecule has 118 heavy (non-hydrogen) atoms. The van der Waals surface area contributed by atoms with Gasteiger partial charge in [-0.2, -0.15) is 0 Å². The summed E-state index contributed by atoms with van der Waals surface area (Å²) in [6.07, 6.45) is 0. The van der Waals surface area contributed by atoms with Crippen molar-refractivity contribution >= 4 is 80.1 Å². The zero-order chi connectivity index (χ0) is 80.9. The Morgan fingerprint density at radius 2 is 0.500 bits per heavy atom. The van der Waals surface area contributed by atoms with Gasteiger partial charge >= 0.3 is 0 Å². The average Bonchev–Trinajstić information content (AvgIpc) is 1.54. The molecule has 0 aromatic heterocycles. The van der Waals surface area contributed by atoms with Crippen molar-refractivity contribution < 1.29 is 0 Å². The second-order valence-electron chi connectivity index (χ2n) is 32.3. The van der Waals surface area contributed by atoms with Gasteiger partial charge in [0.1, 0.15) is 0 Å². The van der Waals surface area contributed by atoms with Crippen LogP contribution in [0.1, 0.15) is 111 Å². The maximum absolute atomic E-state index is 6.52. The third-order valence-corrected chi connectivity index (χ3v) is 25.8. The van der Waals surface area contributed by atoms with E-state index in [0.29, 0.717) is 11.4 Å². The summed E-state index contributed by atoms with van der Waals surface area (Å²) in [6, 6.07) is 122. The zero-order valence-electron chi connectivity index (χ0n) is 67.2. The van der Waals surface area contributed by atoms with E-state index in [9.17, 15) is 0 Å². The third-order valence-electron chi connectivity index (χ3n) is 25.4. The van der Waals surface area contributed by atoms with Crippen molar-refractivity contribution in [1.82, 2.24) is 0 Å². The zero-order valence-corrected chi connectivity index (χ0v) is 68.8. The third kappa shape index (κ3) is 12.2. The first-order valence-corrected chi connectivity index (χ1v) is 41.2. The minimum absolute atomic E-state index is 0.441. The van der Waals surface area contributed by atoms with Crippen LogP contribution in [0.2, 0.25) is 10.0 Å². The molecule has 576 valence electrons. The number of hydrogen-bond donors (Lipinski definition) is 8. The molecule has 21 rings (SSSR count). The summed E-state index contributed by atoms with van der Waals surface area (Å²) >= 11 is 12.9. The van der Waals surface area contributed by atoms with Gasteiger partial charge in [-0.1, -0.05) is 266 Å². The Balaban J connectivity index is 0.000000130. The summed E-state index contributed by atoms with van der Waals surface area (Å²) in [4.78, 5) is 0. The first-order valence-electron chi connectivity index (χ1n) is 40.5. The first-order chi connectivity index (χ1) is 57.3. The largest absolute Gasteiger partial charge is 0.397 e. The maximum Gasteiger partial charge on any atom is 0.162 e. The van der Waals surface area contributed by atoms with E-state index in [2.05, 4.69) is 391 Å². The number of anilines is 10. The number of hydrogen-bond acceptors (Lipinski definition) is 8. The Morgan fingerprint density at radius 1 is 0.246 bits per heavy atom. The molecule has 4 aliphatic carbocycles. The summed E-state index contributed by atoms with van der Waals surface area (Å²) in [7, 11) is 0. The number of nitrogen functional groups attached to an aromatic ring is 2. The summed E-state index contributed by atoms with van der Waals surface area (Å²) in [5, 5.41) is 25.4. The minimum Gasteiger partial charge on any atom is -0.397 e. The average molecular weight is 1570 g/mol. The molecular formula is C108H90Cl2N8. The van der Waals surface area contributed by atoms with Crippen LogP contribution < -0.4 is 43.4 Å². The lowest BCUT2D eigenvalue weighted by Crippen LogP contribution is -2.43. The molecular weight excluding hydrogens is 1480 g/mol. The lowest BCUT2D eigenvalue weighted by molar-refractivity contribution is 0.700. The van der Waals surface area contributed by atoms with E-state index < -0.39 is 22.2 Å². The van der Waals surface area contributed by atoms with Crippen LogP contribution in [0.5, 0.6) is 0 Å². The Labute approximate surface area is 701 Å². The fraction of sp³-hybridized carbons (Fsp3) is 0.111. The minimum atomic E-state index is -0.814. The molecule has 10 N–H and O–H groups in total. The molecule has 16 aromatic carbocycles. The molecule has 5 aliphatic rings. The monoisotopic (exact) mass is 1570 g/mol. The summed E-state index contributed by atoms with van der Waals surface area (Å²) in [5.41, 5.74) is 53.7. The van der Waals surface area contributed by atoms with Crippen molar-refractivity contribution in [3.8, 4) is 44.5 Å². The SMILES string of the molecule is Cc1cc(N)c(NC2(Nc3cc(C)c(C)cc3N)c3ccccc3-c3ccccc32)cc1C.Cc1cc2c(cc1C)NC1(Nc3cc(C)c(C)cc3Nc3cccc(c3)C3(c4cccc(c4)N2)c2ccccc2-c2ccccc23)c2ccccc2-c2ccccc21.Clc1cccc(C2(c3cccc(Cl)c3)c3ccccc3-c3ccccc32)c1. The van der Waals surface area contributed by atoms with Gasteiger partial charge in [0, 0.05) is 43.7 Å². The van der Waals surface area contributed by atoms with Gasteiger partial charge in [-0.3, -0.25) is 0 Å². The van der Waals surface area contributed by atoms with Gasteiger partial charge in [0.05, 0.1) is 56.3 Å². The van der Waals surface area contributed by atoms with Crippen molar-refractivity contribution in [1.29, 1.82) is 0 Å². The van der Waals surface area contributed by atoms with E-state index in [0.717, 1.165) is 77.8 Å². The van der Waals surface area contributed by atoms with Crippen LogP contribution in [0.15, 0.2) is 340 Å². The van der Waals surface area contributed by atoms with E-state index in [1.54, 1.807) is 0 Å². The highest BCUT2D eigenvalue weighted by Crippen LogP contribution is 2.60. The molecule has 1 heterocycles. The summed E-state index contributed by atoms with van der Waals surface area (Å²) < 4.78 is 0. The molecule has 0 atom stereocenters. The molecule has 8 nitrogen and oxygen atoms in total. The molecule has 0 unspecified atom stereocenters. The topological polar surface area (TPSA) is 124 Å². The number of nitrogens with two attached hydrogens (primary N) is 2. The number of aryl methyl sites for hydroxylation is 8. The van der Waals surface area contributed by atoms with Gasteiger partial charge in [-0.15, -0.1) is 0 Å². The summed E-state index contributed by atoms with van der Waals surface area (Å²) in [6.45, 7) is 17.2. The molecule has 0 saturated carbocycles. The Bertz CT molecular complexity index is 6330. The highest BCUT2D eigenvalue weighted by atomic mass is 35.5. The van der Waals surface area contributed by atoms with E-state index in [-0.39, 0.29) is 0 Å². The quantitative estimate of drug-likeness (QED) is 0.0612.